The van der Waals surface area contributed by atoms with Gasteiger partial charge in [0.15, 0.2) is 5.78 Å². The number of fused-ring (bicyclic) bond motifs is 2. The number of hydrogen-bond acceptors (Lipinski definition) is 3. The summed E-state index contributed by atoms with van der Waals surface area (Å²) in [5.41, 5.74) is 2.91. The second-order valence-electron chi connectivity index (χ2n) is 4.65. The number of hydrogen-bond donors (Lipinski definition) is 0. The molecule has 2 nitrogen and oxygen atoms in total. The summed E-state index contributed by atoms with van der Waals surface area (Å²) in [6, 6.07) is 12.1. The molecule has 3 rings (SSSR count). The molecular formula is C16H14O2S. The summed E-state index contributed by atoms with van der Waals surface area (Å²) in [6.07, 6.45) is 0.440. The van der Waals surface area contributed by atoms with Crippen LogP contribution in [-0.4, -0.2) is 12.9 Å². The summed E-state index contributed by atoms with van der Waals surface area (Å²) < 4.78 is 5.38. The van der Waals surface area contributed by atoms with Crippen LogP contribution in [0.5, 0.6) is 5.75 Å². The van der Waals surface area contributed by atoms with Crippen molar-refractivity contribution in [1.29, 1.82) is 0 Å². The Kier molecular flexibility index (Phi) is 3.07. The van der Waals surface area contributed by atoms with Crippen LogP contribution in [0.25, 0.3) is 0 Å². The fourth-order valence-corrected chi connectivity index (χ4v) is 3.58. The maximum absolute atomic E-state index is 12.5. The highest BCUT2D eigenvalue weighted by molar-refractivity contribution is 7.99. The number of Topliss-reactive ketones (excluding diaryl/α,β-unsaturated/α-hetero) is 1. The second-order valence-corrected chi connectivity index (χ2v) is 5.73. The number of carbonyl (C=O) groups excluding carboxylic acids is 1. The molecule has 0 aliphatic carbocycles. The Labute approximate surface area is 116 Å². The zero-order chi connectivity index (χ0) is 13.4. The van der Waals surface area contributed by atoms with Crippen molar-refractivity contribution >= 4 is 17.5 Å². The molecule has 0 bridgehead atoms. The lowest BCUT2D eigenvalue weighted by atomic mass is 10.0. The van der Waals surface area contributed by atoms with Gasteiger partial charge in [-0.25, -0.2) is 0 Å². The van der Waals surface area contributed by atoms with Crippen LogP contribution in [0.4, 0.5) is 0 Å². The van der Waals surface area contributed by atoms with E-state index in [0.29, 0.717) is 17.7 Å². The van der Waals surface area contributed by atoms with Crippen LogP contribution in [0, 0.1) is 6.92 Å². The molecule has 1 aliphatic rings. The Balaban J connectivity index is 2.22. The van der Waals surface area contributed by atoms with Crippen molar-refractivity contribution in [3.63, 3.8) is 0 Å². The van der Waals surface area contributed by atoms with Gasteiger partial charge in [-0.1, -0.05) is 30.0 Å². The number of carbonyl (C=O) groups is 1. The lowest BCUT2D eigenvalue weighted by Gasteiger charge is -2.11. The molecule has 0 atom stereocenters. The standard InChI is InChI=1S/C16H14O2S/c1-10-7-13(18-2)16-12(17)9-11-5-3-4-6-14(11)19-15(16)8-10/h3-8H,9H2,1-2H3. The smallest absolute Gasteiger partial charge is 0.172 e. The molecule has 1 heterocycles. The summed E-state index contributed by atoms with van der Waals surface area (Å²) in [7, 11) is 1.62. The molecule has 0 saturated heterocycles. The maximum Gasteiger partial charge on any atom is 0.172 e. The van der Waals surface area contributed by atoms with E-state index in [1.165, 1.54) is 0 Å². The molecule has 1 aliphatic heterocycles. The summed E-state index contributed by atoms with van der Waals surface area (Å²) in [4.78, 5) is 14.6. The lowest BCUT2D eigenvalue weighted by Crippen LogP contribution is -2.06. The van der Waals surface area contributed by atoms with Gasteiger partial charge in [0, 0.05) is 16.2 Å². The second kappa shape index (κ2) is 4.74. The Morgan fingerprint density at radius 1 is 1.16 bits per heavy atom. The first-order chi connectivity index (χ1) is 9.19. The van der Waals surface area contributed by atoms with Crippen molar-refractivity contribution < 1.29 is 9.53 Å². The molecule has 0 fully saturated rings. The maximum atomic E-state index is 12.5. The van der Waals surface area contributed by atoms with Gasteiger partial charge in [0.05, 0.1) is 12.7 Å². The molecule has 2 aromatic rings. The number of rotatable bonds is 1. The minimum Gasteiger partial charge on any atom is -0.496 e. The first kappa shape index (κ1) is 12.3. The van der Waals surface area contributed by atoms with E-state index in [9.17, 15) is 4.79 Å². The molecule has 0 radical (unpaired) electrons. The van der Waals surface area contributed by atoms with Crippen LogP contribution in [0.1, 0.15) is 21.5 Å². The van der Waals surface area contributed by atoms with E-state index in [1.807, 2.05) is 31.2 Å². The SMILES string of the molecule is COc1cc(C)cc2c1C(=O)Cc1ccccc1S2. The van der Waals surface area contributed by atoms with Crippen LogP contribution in [0.3, 0.4) is 0 Å². The number of ketones is 1. The third-order valence-corrected chi connectivity index (χ3v) is 4.41. The van der Waals surface area contributed by atoms with Gasteiger partial charge in [0.25, 0.3) is 0 Å². The van der Waals surface area contributed by atoms with Crippen LogP contribution >= 0.6 is 11.8 Å². The first-order valence-electron chi connectivity index (χ1n) is 6.16. The Morgan fingerprint density at radius 3 is 2.74 bits per heavy atom. The van der Waals surface area contributed by atoms with Crippen LogP contribution in [0.2, 0.25) is 0 Å². The van der Waals surface area contributed by atoms with E-state index < -0.39 is 0 Å². The molecular weight excluding hydrogens is 256 g/mol. The summed E-state index contributed by atoms with van der Waals surface area (Å²) in [5.74, 6) is 0.810. The van der Waals surface area contributed by atoms with Gasteiger partial charge in [-0.05, 0) is 36.2 Å². The predicted octanol–water partition coefficient (Wildman–Crippen LogP) is 3.89. The van der Waals surface area contributed by atoms with Crippen molar-refractivity contribution in [2.75, 3.05) is 7.11 Å². The van der Waals surface area contributed by atoms with Gasteiger partial charge >= 0.3 is 0 Å². The molecule has 0 unspecified atom stereocenters. The molecule has 19 heavy (non-hydrogen) atoms. The van der Waals surface area contributed by atoms with Gasteiger partial charge in [-0.15, -0.1) is 0 Å². The van der Waals surface area contributed by atoms with E-state index in [1.54, 1.807) is 18.9 Å². The van der Waals surface area contributed by atoms with Crippen molar-refractivity contribution in [3.8, 4) is 5.75 Å². The summed E-state index contributed by atoms with van der Waals surface area (Å²) in [5, 5.41) is 0. The highest BCUT2D eigenvalue weighted by atomic mass is 32.2. The number of methoxy groups -OCH3 is 1. The number of ether oxygens (including phenoxy) is 1. The van der Waals surface area contributed by atoms with Gasteiger partial charge in [-0.2, -0.15) is 0 Å². The van der Waals surface area contributed by atoms with E-state index in [2.05, 4.69) is 12.1 Å². The largest absolute Gasteiger partial charge is 0.496 e. The number of benzene rings is 2. The molecule has 0 saturated carbocycles. The lowest BCUT2D eigenvalue weighted by molar-refractivity contribution is 0.0987. The highest BCUT2D eigenvalue weighted by Crippen LogP contribution is 2.41. The van der Waals surface area contributed by atoms with Crippen LogP contribution < -0.4 is 4.74 Å². The van der Waals surface area contributed by atoms with E-state index in [4.69, 9.17) is 4.74 Å². The third kappa shape index (κ3) is 2.15. The van der Waals surface area contributed by atoms with Gasteiger partial charge in [0.2, 0.25) is 0 Å². The molecule has 3 heteroatoms. The zero-order valence-electron chi connectivity index (χ0n) is 10.9. The topological polar surface area (TPSA) is 26.3 Å². The summed E-state index contributed by atoms with van der Waals surface area (Å²) >= 11 is 1.65. The van der Waals surface area contributed by atoms with E-state index >= 15 is 0 Å². The quantitative estimate of drug-likeness (QED) is 0.786. The monoisotopic (exact) mass is 270 g/mol. The molecule has 0 spiro atoms. The normalized spacial score (nSPS) is 13.5. The average Bonchev–Trinajstić information content (AvgIpc) is 2.53. The van der Waals surface area contributed by atoms with Crippen molar-refractivity contribution in [1.82, 2.24) is 0 Å². The summed E-state index contributed by atoms with van der Waals surface area (Å²) in [6.45, 7) is 2.02. The van der Waals surface area contributed by atoms with E-state index in [-0.39, 0.29) is 5.78 Å². The van der Waals surface area contributed by atoms with E-state index in [0.717, 1.165) is 20.9 Å². The molecule has 0 aromatic heterocycles. The number of aryl methyl sites for hydroxylation is 1. The predicted molar refractivity (Wildman–Crippen MR) is 76.3 cm³/mol. The van der Waals surface area contributed by atoms with Gasteiger partial charge < -0.3 is 4.74 Å². The fraction of sp³-hybridized carbons (Fsp3) is 0.188. The molecule has 0 N–H and O–H groups in total. The molecule has 2 aromatic carbocycles. The highest BCUT2D eigenvalue weighted by Gasteiger charge is 2.24. The third-order valence-electron chi connectivity index (χ3n) is 3.25. The minimum absolute atomic E-state index is 0.129. The van der Waals surface area contributed by atoms with Crippen molar-refractivity contribution in [3.05, 3.63) is 53.1 Å². The Bertz CT molecular complexity index is 662. The average molecular weight is 270 g/mol. The van der Waals surface area contributed by atoms with Gasteiger partial charge in [-0.3, -0.25) is 4.79 Å². The zero-order valence-corrected chi connectivity index (χ0v) is 11.7. The van der Waals surface area contributed by atoms with Gasteiger partial charge in [0.1, 0.15) is 5.75 Å². The Morgan fingerprint density at radius 2 is 1.95 bits per heavy atom. The molecule has 0 amide bonds. The Hall–Kier alpha value is -1.74. The first-order valence-corrected chi connectivity index (χ1v) is 6.98. The van der Waals surface area contributed by atoms with Crippen molar-refractivity contribution in [2.45, 2.75) is 23.1 Å². The fourth-order valence-electron chi connectivity index (χ4n) is 2.37. The van der Waals surface area contributed by atoms with Crippen LogP contribution in [-0.2, 0) is 6.42 Å². The molecule has 96 valence electrons. The van der Waals surface area contributed by atoms with Crippen LogP contribution in [0.15, 0.2) is 46.2 Å². The van der Waals surface area contributed by atoms with Crippen molar-refractivity contribution in [2.24, 2.45) is 0 Å². The minimum atomic E-state index is 0.129.